The highest BCUT2D eigenvalue weighted by Crippen LogP contribution is 2.44. The van der Waals surface area contributed by atoms with Crippen molar-refractivity contribution in [2.24, 2.45) is 10.2 Å². The third-order valence-electron chi connectivity index (χ3n) is 5.18. The Bertz CT molecular complexity index is 1660. The van der Waals surface area contributed by atoms with Crippen LogP contribution in [0.5, 0.6) is 5.75 Å². The zero-order valence-corrected chi connectivity index (χ0v) is 21.4. The van der Waals surface area contributed by atoms with Gasteiger partial charge in [-0.1, -0.05) is 26.0 Å². The molecule has 0 radical (unpaired) electrons. The van der Waals surface area contributed by atoms with Crippen LogP contribution in [0, 0.1) is 0 Å². The van der Waals surface area contributed by atoms with Crippen molar-refractivity contribution in [3.8, 4) is 5.75 Å². The molecule has 0 aliphatic rings. The lowest BCUT2D eigenvalue weighted by molar-refractivity contribution is 0.431. The van der Waals surface area contributed by atoms with Crippen LogP contribution in [-0.2, 0) is 20.0 Å². The number of pyridine rings is 1. The molecule has 0 atom stereocenters. The van der Waals surface area contributed by atoms with E-state index < -0.39 is 25.8 Å². The van der Waals surface area contributed by atoms with Crippen LogP contribution in [0.15, 0.2) is 57.7 Å². The predicted molar refractivity (Wildman–Crippen MR) is 136 cm³/mol. The number of aromatic hydroxyl groups is 1. The van der Waals surface area contributed by atoms with Gasteiger partial charge >= 0.3 is 0 Å². The van der Waals surface area contributed by atoms with E-state index in [-0.39, 0.29) is 40.1 Å². The van der Waals surface area contributed by atoms with Crippen molar-refractivity contribution in [2.45, 2.75) is 18.7 Å². The average molecular weight is 535 g/mol. The number of fused-ring (bicyclic) bond motifs is 2. The Balaban J connectivity index is 2.01. The van der Waals surface area contributed by atoms with Gasteiger partial charge in [-0.15, -0.1) is 10.2 Å². The number of sulfonamides is 2. The standard InChI is InChI=1S/C21H22N6O5S3/c1-4-27(5-2)35(31,32)17-12-16(23-24-21-14-9-7-11-22-20(14)25-33-21)18-13(19(17)28)8-6-10-15(18)26-34(3,29)30/h6-12,26,28H,4-5H2,1-3H3/b24-23+. The molecule has 4 aromatic rings. The molecule has 4 rings (SSSR count). The van der Waals surface area contributed by atoms with Gasteiger partial charge in [0, 0.05) is 30.1 Å². The summed E-state index contributed by atoms with van der Waals surface area (Å²) < 4.78 is 58.4. The maximum atomic E-state index is 13.3. The molecule has 0 unspecified atom stereocenters. The number of benzene rings is 2. The van der Waals surface area contributed by atoms with E-state index in [2.05, 4.69) is 24.3 Å². The fourth-order valence-electron chi connectivity index (χ4n) is 3.63. The second kappa shape index (κ2) is 9.45. The van der Waals surface area contributed by atoms with Crippen LogP contribution >= 0.6 is 11.5 Å². The van der Waals surface area contributed by atoms with E-state index in [1.165, 1.54) is 28.6 Å². The van der Waals surface area contributed by atoms with Crippen molar-refractivity contribution < 1.29 is 21.9 Å². The molecule has 0 saturated carbocycles. The van der Waals surface area contributed by atoms with Crippen molar-refractivity contribution in [1.82, 2.24) is 13.7 Å². The number of anilines is 1. The van der Waals surface area contributed by atoms with Gasteiger partial charge in [-0.05, 0) is 35.8 Å². The van der Waals surface area contributed by atoms with Gasteiger partial charge in [-0.2, -0.15) is 8.68 Å². The van der Waals surface area contributed by atoms with Gasteiger partial charge in [-0.3, -0.25) is 4.72 Å². The zero-order chi connectivity index (χ0) is 25.4. The molecule has 0 spiro atoms. The number of hydrogen-bond donors (Lipinski definition) is 2. The highest BCUT2D eigenvalue weighted by molar-refractivity contribution is 7.92. The molecule has 0 saturated heterocycles. The van der Waals surface area contributed by atoms with Crippen molar-refractivity contribution in [3.63, 3.8) is 0 Å². The molecule has 2 aromatic heterocycles. The summed E-state index contributed by atoms with van der Waals surface area (Å²) >= 11 is 1.07. The lowest BCUT2D eigenvalue weighted by Gasteiger charge is -2.20. The predicted octanol–water partition coefficient (Wildman–Crippen LogP) is 4.37. The molecule has 11 nitrogen and oxygen atoms in total. The lowest BCUT2D eigenvalue weighted by Crippen LogP contribution is -2.30. The summed E-state index contributed by atoms with van der Waals surface area (Å²) in [6.07, 6.45) is 2.59. The normalized spacial score (nSPS) is 12.8. The van der Waals surface area contributed by atoms with Crippen molar-refractivity contribution in [2.75, 3.05) is 24.1 Å². The Hall–Kier alpha value is -3.20. The highest BCUT2D eigenvalue weighted by Gasteiger charge is 2.28. The second-order valence-corrected chi connectivity index (χ2v) is 11.9. The lowest BCUT2D eigenvalue weighted by atomic mass is 10.1. The smallest absolute Gasteiger partial charge is 0.246 e. The van der Waals surface area contributed by atoms with E-state index in [4.69, 9.17) is 0 Å². The molecule has 0 fully saturated rings. The molecular weight excluding hydrogens is 512 g/mol. The summed E-state index contributed by atoms with van der Waals surface area (Å²) in [5, 5.41) is 21.0. The number of nitrogens with one attached hydrogen (secondary N) is 1. The van der Waals surface area contributed by atoms with Gasteiger partial charge in [0.15, 0.2) is 10.6 Å². The van der Waals surface area contributed by atoms with Crippen LogP contribution in [0.1, 0.15) is 13.8 Å². The van der Waals surface area contributed by atoms with Gasteiger partial charge < -0.3 is 5.11 Å². The molecule has 0 aliphatic heterocycles. The Morgan fingerprint density at radius 2 is 1.77 bits per heavy atom. The summed E-state index contributed by atoms with van der Waals surface area (Å²) in [7, 11) is -7.77. The van der Waals surface area contributed by atoms with E-state index in [9.17, 15) is 21.9 Å². The number of rotatable bonds is 8. The molecule has 184 valence electrons. The van der Waals surface area contributed by atoms with Crippen LogP contribution in [0.4, 0.5) is 16.4 Å². The Morgan fingerprint density at radius 1 is 1.06 bits per heavy atom. The van der Waals surface area contributed by atoms with Crippen molar-refractivity contribution in [1.29, 1.82) is 0 Å². The first kappa shape index (κ1) is 24.9. The number of phenols is 1. The molecule has 2 heterocycles. The number of aromatic nitrogens is 2. The van der Waals surface area contributed by atoms with Crippen molar-refractivity contribution in [3.05, 3.63) is 42.6 Å². The average Bonchev–Trinajstić information content (AvgIpc) is 3.21. The number of hydrogen-bond acceptors (Lipinski definition) is 10. The molecule has 2 aromatic carbocycles. The first-order chi connectivity index (χ1) is 16.6. The van der Waals surface area contributed by atoms with E-state index in [1.807, 2.05) is 0 Å². The van der Waals surface area contributed by atoms with Gasteiger partial charge in [0.05, 0.1) is 23.0 Å². The number of nitrogens with zero attached hydrogens (tertiary/aromatic N) is 5. The third kappa shape index (κ3) is 4.82. The van der Waals surface area contributed by atoms with E-state index in [0.29, 0.717) is 16.0 Å². The van der Waals surface area contributed by atoms with Crippen molar-refractivity contribution >= 4 is 69.8 Å². The molecule has 0 aliphatic carbocycles. The minimum atomic E-state index is -4.08. The van der Waals surface area contributed by atoms with Gasteiger partial charge in [-0.25, -0.2) is 21.8 Å². The summed E-state index contributed by atoms with van der Waals surface area (Å²) in [4.78, 5) is 3.81. The topological polar surface area (TPSA) is 154 Å². The van der Waals surface area contributed by atoms with Gasteiger partial charge in [0.2, 0.25) is 20.0 Å². The monoisotopic (exact) mass is 534 g/mol. The van der Waals surface area contributed by atoms with Gasteiger partial charge in [0.25, 0.3) is 0 Å². The van der Waals surface area contributed by atoms with E-state index >= 15 is 0 Å². The molecule has 2 N–H and O–H groups in total. The second-order valence-electron chi connectivity index (χ2n) is 7.50. The quantitative estimate of drug-likeness (QED) is 0.318. The number of azo groups is 1. The summed E-state index contributed by atoms with van der Waals surface area (Å²) in [5.41, 5.74) is 0.670. The van der Waals surface area contributed by atoms with Crippen LogP contribution in [0.3, 0.4) is 0 Å². The van der Waals surface area contributed by atoms with E-state index in [0.717, 1.165) is 17.8 Å². The minimum Gasteiger partial charge on any atom is -0.506 e. The molecular formula is C21H22N6O5S3. The largest absolute Gasteiger partial charge is 0.506 e. The zero-order valence-electron chi connectivity index (χ0n) is 19.0. The first-order valence-electron chi connectivity index (χ1n) is 10.5. The minimum absolute atomic E-state index is 0.0562. The summed E-state index contributed by atoms with van der Waals surface area (Å²) in [5.74, 6) is -0.504. The fourth-order valence-corrected chi connectivity index (χ4v) is 6.43. The Morgan fingerprint density at radius 3 is 2.46 bits per heavy atom. The molecule has 14 heteroatoms. The Labute approximate surface area is 206 Å². The molecule has 0 bridgehead atoms. The maximum absolute atomic E-state index is 13.3. The van der Waals surface area contributed by atoms with Crippen LogP contribution < -0.4 is 4.72 Å². The summed E-state index contributed by atoms with van der Waals surface area (Å²) in [6, 6.07) is 9.20. The van der Waals surface area contributed by atoms with Gasteiger partial charge in [0.1, 0.15) is 10.6 Å². The van der Waals surface area contributed by atoms with Crippen LogP contribution in [0.2, 0.25) is 0 Å². The highest BCUT2D eigenvalue weighted by atomic mass is 32.2. The first-order valence-corrected chi connectivity index (χ1v) is 14.6. The fraction of sp³-hybridized carbons (Fsp3) is 0.238. The number of phenolic OH excluding ortho intramolecular Hbond substituents is 1. The van der Waals surface area contributed by atoms with Crippen LogP contribution in [0.25, 0.3) is 21.8 Å². The summed E-state index contributed by atoms with van der Waals surface area (Å²) in [6.45, 7) is 3.78. The molecule has 35 heavy (non-hydrogen) atoms. The Kier molecular flexibility index (Phi) is 6.73. The SMILES string of the molecule is CCN(CC)S(=O)(=O)c1cc(/N=N/c2snc3ncccc23)c2c(NS(C)(=O)=O)cccc2c1O. The molecule has 0 amide bonds. The van der Waals surface area contributed by atoms with Crippen LogP contribution in [-0.4, -0.2) is 55.0 Å². The van der Waals surface area contributed by atoms with E-state index in [1.54, 1.807) is 32.2 Å². The third-order valence-corrected chi connectivity index (χ3v) is 8.57. The maximum Gasteiger partial charge on any atom is 0.246 e.